The molecule has 0 heterocycles. The van der Waals surface area contributed by atoms with Crippen LogP contribution in [0.4, 0.5) is 5.69 Å². The monoisotopic (exact) mass is 206 g/mol. The molecule has 0 bridgehead atoms. The van der Waals surface area contributed by atoms with Gasteiger partial charge in [0.05, 0.1) is 0 Å². The number of likely N-dealkylation sites (N-methyl/N-ethyl adjacent to an activating group) is 1. The van der Waals surface area contributed by atoms with E-state index >= 15 is 0 Å². The standard InChI is InChI=1S/C13H22N2/c1-3-11-15(12-10-14-4-2)13-8-6-5-7-9-13/h5-9,14H,3-4,10-12H2,1-2H3. The van der Waals surface area contributed by atoms with Gasteiger partial charge in [0.2, 0.25) is 0 Å². The SMILES string of the molecule is CCCN(CCNCC)c1ccccc1. The lowest BCUT2D eigenvalue weighted by Crippen LogP contribution is -2.32. The molecule has 1 N–H and O–H groups in total. The second-order valence-corrected chi connectivity index (χ2v) is 3.68. The van der Waals surface area contributed by atoms with Gasteiger partial charge in [-0.15, -0.1) is 0 Å². The number of benzene rings is 1. The average molecular weight is 206 g/mol. The minimum atomic E-state index is 1.05. The number of hydrogen-bond donors (Lipinski definition) is 1. The van der Waals surface area contributed by atoms with Crippen LogP contribution in [-0.4, -0.2) is 26.2 Å². The van der Waals surface area contributed by atoms with Gasteiger partial charge in [-0.2, -0.15) is 0 Å². The van der Waals surface area contributed by atoms with Crippen molar-refractivity contribution in [2.75, 3.05) is 31.1 Å². The number of nitrogens with one attached hydrogen (secondary N) is 1. The minimum Gasteiger partial charge on any atom is -0.370 e. The normalized spacial score (nSPS) is 10.3. The molecule has 84 valence electrons. The molecule has 0 aliphatic carbocycles. The van der Waals surface area contributed by atoms with Gasteiger partial charge in [0.15, 0.2) is 0 Å². The lowest BCUT2D eigenvalue weighted by atomic mass is 10.2. The van der Waals surface area contributed by atoms with Gasteiger partial charge in [0, 0.05) is 25.3 Å². The zero-order valence-corrected chi connectivity index (χ0v) is 9.87. The number of nitrogens with zero attached hydrogens (tertiary/aromatic N) is 1. The molecular weight excluding hydrogens is 184 g/mol. The van der Waals surface area contributed by atoms with Crippen molar-refractivity contribution in [3.05, 3.63) is 30.3 Å². The topological polar surface area (TPSA) is 15.3 Å². The lowest BCUT2D eigenvalue weighted by Gasteiger charge is -2.24. The van der Waals surface area contributed by atoms with Crippen LogP contribution in [0.1, 0.15) is 20.3 Å². The molecule has 2 nitrogen and oxygen atoms in total. The Labute approximate surface area is 93.3 Å². The van der Waals surface area contributed by atoms with Crippen LogP contribution in [0.15, 0.2) is 30.3 Å². The first-order valence-electron chi connectivity index (χ1n) is 5.89. The average Bonchev–Trinajstić information content (AvgIpc) is 2.29. The van der Waals surface area contributed by atoms with Crippen LogP contribution >= 0.6 is 0 Å². The third-order valence-corrected chi connectivity index (χ3v) is 2.42. The Bertz CT molecular complexity index is 246. The van der Waals surface area contributed by atoms with E-state index in [1.165, 1.54) is 12.1 Å². The van der Waals surface area contributed by atoms with Crippen molar-refractivity contribution in [1.82, 2.24) is 5.32 Å². The maximum atomic E-state index is 3.37. The highest BCUT2D eigenvalue weighted by Gasteiger charge is 2.03. The highest BCUT2D eigenvalue weighted by molar-refractivity contribution is 5.45. The molecule has 0 aromatic heterocycles. The Morgan fingerprint density at radius 1 is 1.07 bits per heavy atom. The second-order valence-electron chi connectivity index (χ2n) is 3.68. The van der Waals surface area contributed by atoms with E-state index in [-0.39, 0.29) is 0 Å². The molecule has 0 saturated heterocycles. The van der Waals surface area contributed by atoms with Gasteiger partial charge >= 0.3 is 0 Å². The fraction of sp³-hybridized carbons (Fsp3) is 0.538. The second kappa shape index (κ2) is 7.30. The first kappa shape index (κ1) is 12.1. The van der Waals surface area contributed by atoms with Gasteiger partial charge in [0.25, 0.3) is 0 Å². The van der Waals surface area contributed by atoms with Crippen molar-refractivity contribution in [1.29, 1.82) is 0 Å². The number of hydrogen-bond acceptors (Lipinski definition) is 2. The van der Waals surface area contributed by atoms with E-state index in [1.807, 2.05) is 0 Å². The highest BCUT2D eigenvalue weighted by Crippen LogP contribution is 2.12. The molecular formula is C13H22N2. The largest absolute Gasteiger partial charge is 0.370 e. The number of anilines is 1. The van der Waals surface area contributed by atoms with Gasteiger partial charge < -0.3 is 10.2 Å². The maximum Gasteiger partial charge on any atom is 0.0366 e. The van der Waals surface area contributed by atoms with Gasteiger partial charge in [-0.05, 0) is 25.1 Å². The van der Waals surface area contributed by atoms with Crippen molar-refractivity contribution < 1.29 is 0 Å². The first-order valence-corrected chi connectivity index (χ1v) is 5.89. The molecule has 0 radical (unpaired) electrons. The Kier molecular flexibility index (Phi) is 5.86. The van der Waals surface area contributed by atoms with Crippen molar-refractivity contribution in [2.24, 2.45) is 0 Å². The highest BCUT2D eigenvalue weighted by atomic mass is 15.1. The Morgan fingerprint density at radius 2 is 1.80 bits per heavy atom. The summed E-state index contributed by atoms with van der Waals surface area (Å²) in [4.78, 5) is 2.43. The summed E-state index contributed by atoms with van der Waals surface area (Å²) in [7, 11) is 0. The van der Waals surface area contributed by atoms with Crippen molar-refractivity contribution in [2.45, 2.75) is 20.3 Å². The quantitative estimate of drug-likeness (QED) is 0.690. The van der Waals surface area contributed by atoms with Crippen LogP contribution < -0.4 is 10.2 Å². The van der Waals surface area contributed by atoms with E-state index in [1.54, 1.807) is 0 Å². The van der Waals surface area contributed by atoms with Crippen LogP contribution in [0, 0.1) is 0 Å². The van der Waals surface area contributed by atoms with Crippen LogP contribution in [-0.2, 0) is 0 Å². The smallest absolute Gasteiger partial charge is 0.0366 e. The molecule has 1 rings (SSSR count). The molecule has 0 aliphatic rings. The molecule has 1 aromatic carbocycles. The van der Waals surface area contributed by atoms with Crippen LogP contribution in [0.25, 0.3) is 0 Å². The summed E-state index contributed by atoms with van der Waals surface area (Å²) in [5.74, 6) is 0. The van der Waals surface area contributed by atoms with Gasteiger partial charge in [-0.1, -0.05) is 32.0 Å². The summed E-state index contributed by atoms with van der Waals surface area (Å²) in [5.41, 5.74) is 1.33. The summed E-state index contributed by atoms with van der Waals surface area (Å²) in [6.07, 6.45) is 1.20. The fourth-order valence-electron chi connectivity index (χ4n) is 1.67. The van der Waals surface area contributed by atoms with E-state index in [2.05, 4.69) is 54.4 Å². The van der Waals surface area contributed by atoms with Gasteiger partial charge in [0.1, 0.15) is 0 Å². The van der Waals surface area contributed by atoms with Crippen molar-refractivity contribution in [3.8, 4) is 0 Å². The summed E-state index contributed by atoms with van der Waals surface area (Å²) >= 11 is 0. The molecule has 0 aliphatic heterocycles. The Hall–Kier alpha value is -1.02. The lowest BCUT2D eigenvalue weighted by molar-refractivity contribution is 0.673. The summed E-state index contributed by atoms with van der Waals surface area (Å²) in [6, 6.07) is 10.6. The molecule has 2 heteroatoms. The zero-order valence-electron chi connectivity index (χ0n) is 9.87. The molecule has 0 saturated carbocycles. The molecule has 0 spiro atoms. The van der Waals surface area contributed by atoms with Gasteiger partial charge in [-0.25, -0.2) is 0 Å². The predicted octanol–water partition coefficient (Wildman–Crippen LogP) is 2.51. The van der Waals surface area contributed by atoms with Crippen LogP contribution in [0.3, 0.4) is 0 Å². The minimum absolute atomic E-state index is 1.05. The maximum absolute atomic E-state index is 3.37. The molecule has 0 unspecified atom stereocenters. The van der Waals surface area contributed by atoms with E-state index in [0.717, 1.165) is 26.2 Å². The Morgan fingerprint density at radius 3 is 2.40 bits per heavy atom. The van der Waals surface area contributed by atoms with E-state index in [4.69, 9.17) is 0 Å². The van der Waals surface area contributed by atoms with Crippen molar-refractivity contribution >= 4 is 5.69 Å². The van der Waals surface area contributed by atoms with E-state index < -0.39 is 0 Å². The first-order chi connectivity index (χ1) is 7.38. The molecule has 0 amide bonds. The molecule has 0 atom stereocenters. The van der Waals surface area contributed by atoms with Crippen LogP contribution in [0.5, 0.6) is 0 Å². The third-order valence-electron chi connectivity index (χ3n) is 2.42. The fourth-order valence-corrected chi connectivity index (χ4v) is 1.67. The van der Waals surface area contributed by atoms with E-state index in [0.29, 0.717) is 0 Å². The number of para-hydroxylation sites is 1. The van der Waals surface area contributed by atoms with Crippen LogP contribution in [0.2, 0.25) is 0 Å². The van der Waals surface area contributed by atoms with E-state index in [9.17, 15) is 0 Å². The molecule has 1 aromatic rings. The summed E-state index contributed by atoms with van der Waals surface area (Å²) in [5, 5.41) is 3.37. The predicted molar refractivity (Wildman–Crippen MR) is 67.5 cm³/mol. The molecule has 15 heavy (non-hydrogen) atoms. The molecule has 0 fully saturated rings. The Balaban J connectivity index is 2.50. The number of rotatable bonds is 7. The zero-order chi connectivity index (χ0) is 10.9. The summed E-state index contributed by atoms with van der Waals surface area (Å²) < 4.78 is 0. The van der Waals surface area contributed by atoms with Crippen molar-refractivity contribution in [3.63, 3.8) is 0 Å². The van der Waals surface area contributed by atoms with Gasteiger partial charge in [-0.3, -0.25) is 0 Å². The third kappa shape index (κ3) is 4.34. The summed E-state index contributed by atoms with van der Waals surface area (Å²) in [6.45, 7) is 8.71.